The van der Waals surface area contributed by atoms with Gasteiger partial charge in [0.05, 0.1) is 0 Å². The lowest BCUT2D eigenvalue weighted by Crippen LogP contribution is -2.42. The maximum absolute atomic E-state index is 12.5. The van der Waals surface area contributed by atoms with Crippen LogP contribution in [0.1, 0.15) is 51.9 Å². The Hall–Kier alpha value is -0.570. The zero-order valence-electron chi connectivity index (χ0n) is 11.9. The Bertz CT molecular complexity index is 286. The van der Waals surface area contributed by atoms with Crippen LogP contribution in [-0.2, 0) is 4.79 Å². The van der Waals surface area contributed by atoms with Crippen LogP contribution in [0.2, 0.25) is 0 Å². The number of nitrogens with zero attached hydrogens (tertiary/aromatic N) is 1. The first-order chi connectivity index (χ1) is 8.58. The van der Waals surface area contributed by atoms with Crippen molar-refractivity contribution in [1.29, 1.82) is 0 Å². The maximum Gasteiger partial charge on any atom is 0.225 e. The van der Waals surface area contributed by atoms with E-state index in [0.717, 1.165) is 31.7 Å². The van der Waals surface area contributed by atoms with E-state index in [0.29, 0.717) is 17.9 Å². The second-order valence-electron chi connectivity index (χ2n) is 6.53. The minimum Gasteiger partial charge on any atom is -0.345 e. The van der Waals surface area contributed by atoms with E-state index < -0.39 is 0 Å². The van der Waals surface area contributed by atoms with E-state index in [-0.39, 0.29) is 5.92 Å². The Balaban J connectivity index is 1.85. The van der Waals surface area contributed by atoms with Gasteiger partial charge in [-0.15, -0.1) is 0 Å². The topological polar surface area (TPSA) is 46.3 Å². The van der Waals surface area contributed by atoms with Gasteiger partial charge in [-0.25, -0.2) is 0 Å². The zero-order valence-corrected chi connectivity index (χ0v) is 11.9. The Morgan fingerprint density at radius 2 is 1.89 bits per heavy atom. The molecule has 0 saturated heterocycles. The SMILES string of the molecule is CC1CC(N)CCC1C(=O)N(C)CC1CCCC1. The highest BCUT2D eigenvalue weighted by molar-refractivity contribution is 5.79. The first-order valence-electron chi connectivity index (χ1n) is 7.58. The fraction of sp³-hybridized carbons (Fsp3) is 0.933. The molecule has 0 aromatic heterocycles. The molecule has 0 spiro atoms. The van der Waals surface area contributed by atoms with Crippen LogP contribution >= 0.6 is 0 Å². The minimum atomic E-state index is 0.219. The second-order valence-corrected chi connectivity index (χ2v) is 6.53. The average Bonchev–Trinajstić information content (AvgIpc) is 2.81. The number of carbonyl (C=O) groups is 1. The van der Waals surface area contributed by atoms with Crippen molar-refractivity contribution in [3.63, 3.8) is 0 Å². The molecule has 0 radical (unpaired) electrons. The Morgan fingerprint density at radius 3 is 2.50 bits per heavy atom. The van der Waals surface area contributed by atoms with Crippen molar-refractivity contribution in [2.75, 3.05) is 13.6 Å². The fourth-order valence-corrected chi connectivity index (χ4v) is 3.76. The molecule has 18 heavy (non-hydrogen) atoms. The van der Waals surface area contributed by atoms with Gasteiger partial charge in [0.25, 0.3) is 0 Å². The monoisotopic (exact) mass is 252 g/mol. The lowest BCUT2D eigenvalue weighted by molar-refractivity contribution is -0.137. The van der Waals surface area contributed by atoms with Gasteiger partial charge in [0.1, 0.15) is 0 Å². The number of hydrogen-bond donors (Lipinski definition) is 1. The van der Waals surface area contributed by atoms with Gasteiger partial charge < -0.3 is 10.6 Å². The van der Waals surface area contributed by atoms with E-state index in [2.05, 4.69) is 6.92 Å². The zero-order chi connectivity index (χ0) is 13.1. The van der Waals surface area contributed by atoms with Gasteiger partial charge in [0.15, 0.2) is 0 Å². The summed E-state index contributed by atoms with van der Waals surface area (Å²) in [5.41, 5.74) is 5.97. The van der Waals surface area contributed by atoms with Crippen LogP contribution in [0.25, 0.3) is 0 Å². The molecule has 2 aliphatic rings. The van der Waals surface area contributed by atoms with E-state index >= 15 is 0 Å². The number of rotatable bonds is 3. The number of hydrogen-bond acceptors (Lipinski definition) is 2. The highest BCUT2D eigenvalue weighted by Crippen LogP contribution is 2.31. The van der Waals surface area contributed by atoms with Crippen LogP contribution in [0.15, 0.2) is 0 Å². The van der Waals surface area contributed by atoms with Crippen molar-refractivity contribution >= 4 is 5.91 Å². The van der Waals surface area contributed by atoms with Crippen molar-refractivity contribution in [2.45, 2.75) is 57.9 Å². The molecule has 3 nitrogen and oxygen atoms in total. The van der Waals surface area contributed by atoms with Crippen LogP contribution in [0.3, 0.4) is 0 Å². The van der Waals surface area contributed by atoms with Gasteiger partial charge in [0.2, 0.25) is 5.91 Å². The van der Waals surface area contributed by atoms with Crippen LogP contribution in [0.4, 0.5) is 0 Å². The van der Waals surface area contributed by atoms with E-state index in [1.807, 2.05) is 11.9 Å². The predicted molar refractivity (Wildman–Crippen MR) is 74.1 cm³/mol. The largest absolute Gasteiger partial charge is 0.345 e. The van der Waals surface area contributed by atoms with Gasteiger partial charge in [-0.05, 0) is 43.9 Å². The maximum atomic E-state index is 12.5. The van der Waals surface area contributed by atoms with Gasteiger partial charge in [-0.3, -0.25) is 4.79 Å². The van der Waals surface area contributed by atoms with Crippen LogP contribution < -0.4 is 5.73 Å². The highest BCUT2D eigenvalue weighted by atomic mass is 16.2. The van der Waals surface area contributed by atoms with Crippen molar-refractivity contribution < 1.29 is 4.79 Å². The van der Waals surface area contributed by atoms with Gasteiger partial charge in [0, 0.05) is 25.6 Å². The highest BCUT2D eigenvalue weighted by Gasteiger charge is 2.33. The minimum absolute atomic E-state index is 0.219. The lowest BCUT2D eigenvalue weighted by Gasteiger charge is -2.34. The summed E-state index contributed by atoms with van der Waals surface area (Å²) in [5, 5.41) is 0. The molecule has 2 fully saturated rings. The molecule has 3 atom stereocenters. The number of carbonyl (C=O) groups excluding carboxylic acids is 1. The molecule has 0 aromatic carbocycles. The van der Waals surface area contributed by atoms with Crippen molar-refractivity contribution in [3.8, 4) is 0 Å². The quantitative estimate of drug-likeness (QED) is 0.838. The average molecular weight is 252 g/mol. The smallest absolute Gasteiger partial charge is 0.225 e. The Labute approximate surface area is 111 Å². The number of nitrogens with two attached hydrogens (primary N) is 1. The van der Waals surface area contributed by atoms with E-state index in [9.17, 15) is 4.79 Å². The van der Waals surface area contributed by atoms with E-state index in [1.165, 1.54) is 25.7 Å². The Kier molecular flexibility index (Phi) is 4.66. The molecule has 0 aliphatic heterocycles. The normalized spacial score (nSPS) is 33.6. The van der Waals surface area contributed by atoms with Crippen LogP contribution in [0.5, 0.6) is 0 Å². The first kappa shape index (κ1) is 13.9. The second kappa shape index (κ2) is 6.05. The molecule has 0 aromatic rings. The van der Waals surface area contributed by atoms with Gasteiger partial charge in [-0.2, -0.15) is 0 Å². The summed E-state index contributed by atoms with van der Waals surface area (Å²) in [6.07, 6.45) is 8.32. The molecule has 2 rings (SSSR count). The summed E-state index contributed by atoms with van der Waals surface area (Å²) >= 11 is 0. The molecule has 104 valence electrons. The van der Waals surface area contributed by atoms with Crippen LogP contribution in [-0.4, -0.2) is 30.4 Å². The molecule has 3 heteroatoms. The standard InChI is InChI=1S/C15H28N2O/c1-11-9-13(16)7-8-14(11)15(18)17(2)10-12-5-3-4-6-12/h11-14H,3-10,16H2,1-2H3. The molecule has 0 heterocycles. The molecule has 2 aliphatic carbocycles. The molecule has 1 amide bonds. The van der Waals surface area contributed by atoms with Crippen LogP contribution in [0, 0.1) is 17.8 Å². The van der Waals surface area contributed by atoms with Gasteiger partial charge >= 0.3 is 0 Å². The molecule has 2 N–H and O–H groups in total. The van der Waals surface area contributed by atoms with Crippen molar-refractivity contribution in [1.82, 2.24) is 4.90 Å². The van der Waals surface area contributed by atoms with E-state index in [4.69, 9.17) is 5.73 Å². The molecular formula is C15H28N2O. The Morgan fingerprint density at radius 1 is 1.22 bits per heavy atom. The molecular weight excluding hydrogens is 224 g/mol. The van der Waals surface area contributed by atoms with E-state index in [1.54, 1.807) is 0 Å². The van der Waals surface area contributed by atoms with Crippen molar-refractivity contribution in [2.24, 2.45) is 23.5 Å². The fourth-order valence-electron chi connectivity index (χ4n) is 3.76. The summed E-state index contributed by atoms with van der Waals surface area (Å²) in [5.74, 6) is 1.78. The molecule has 0 bridgehead atoms. The third-order valence-electron chi connectivity index (χ3n) is 4.91. The van der Waals surface area contributed by atoms with Gasteiger partial charge in [-0.1, -0.05) is 19.8 Å². The number of amides is 1. The lowest BCUT2D eigenvalue weighted by atomic mass is 9.77. The first-order valence-corrected chi connectivity index (χ1v) is 7.58. The third-order valence-corrected chi connectivity index (χ3v) is 4.91. The summed E-state index contributed by atoms with van der Waals surface area (Å²) < 4.78 is 0. The summed E-state index contributed by atoms with van der Waals surface area (Å²) in [4.78, 5) is 14.5. The predicted octanol–water partition coefficient (Wildman–Crippen LogP) is 2.40. The summed E-state index contributed by atoms with van der Waals surface area (Å²) in [6, 6.07) is 0.309. The summed E-state index contributed by atoms with van der Waals surface area (Å²) in [7, 11) is 1.99. The summed E-state index contributed by atoms with van der Waals surface area (Å²) in [6.45, 7) is 3.15. The molecule has 2 saturated carbocycles. The van der Waals surface area contributed by atoms with Crippen molar-refractivity contribution in [3.05, 3.63) is 0 Å². The molecule has 3 unspecified atom stereocenters. The third kappa shape index (κ3) is 3.25.